The maximum atomic E-state index is 10.5. The van der Waals surface area contributed by atoms with Gasteiger partial charge in [-0.2, -0.15) is 5.90 Å². The summed E-state index contributed by atoms with van der Waals surface area (Å²) in [6.45, 7) is 0.0611. The minimum Gasteiger partial charge on any atom is -0.392 e. The summed E-state index contributed by atoms with van der Waals surface area (Å²) in [5, 5.41) is 8.92. The lowest BCUT2D eigenvalue weighted by molar-refractivity contribution is -0.146. The number of aliphatic hydroxyl groups excluding tert-OH is 1. The van der Waals surface area contributed by atoms with Gasteiger partial charge < -0.3 is 21.4 Å². The lowest BCUT2D eigenvalue weighted by Crippen LogP contribution is -2.38. The second-order valence-corrected chi connectivity index (χ2v) is 2.17. The Bertz CT molecular complexity index is 130. The maximum Gasteiger partial charge on any atom is 0.341 e. The van der Waals surface area contributed by atoms with Crippen LogP contribution in [-0.4, -0.2) is 29.8 Å². The van der Waals surface area contributed by atoms with Crippen LogP contribution in [0.25, 0.3) is 0 Å². The summed E-state index contributed by atoms with van der Waals surface area (Å²) in [6, 6.07) is -0.904. The Balaban J connectivity index is 3.67. The smallest absolute Gasteiger partial charge is 0.341 e. The van der Waals surface area contributed by atoms with Crippen LogP contribution in [0.2, 0.25) is 0 Å². The molecule has 0 amide bonds. The number of nitrogens with two attached hydrogens (primary N) is 3. The van der Waals surface area contributed by atoms with Gasteiger partial charge in [-0.05, 0) is 0 Å². The highest BCUT2D eigenvalue weighted by molar-refractivity contribution is 5.75. The number of carbonyl (C=O) groups excluding carboxylic acids is 1. The van der Waals surface area contributed by atoms with Crippen molar-refractivity contribution in [3.8, 4) is 0 Å². The molecule has 0 spiro atoms. The van der Waals surface area contributed by atoms with Crippen LogP contribution in [0.3, 0.4) is 0 Å². The van der Waals surface area contributed by atoms with E-state index in [1.165, 1.54) is 0 Å². The minimum atomic E-state index is -0.904. The normalized spacial score (nSPS) is 15.6. The molecule has 0 bridgehead atoms. The third kappa shape index (κ3) is 3.89. The van der Waals surface area contributed by atoms with E-state index in [4.69, 9.17) is 16.6 Å². The molecule has 0 rings (SSSR count). The maximum absolute atomic E-state index is 10.5. The van der Waals surface area contributed by atoms with Crippen LogP contribution in [0.4, 0.5) is 0 Å². The molecule has 0 radical (unpaired) electrons. The molecular formula is C5H13N3O3. The van der Waals surface area contributed by atoms with E-state index in [1.54, 1.807) is 0 Å². The molecule has 0 aliphatic carbocycles. The summed E-state index contributed by atoms with van der Waals surface area (Å²) in [7, 11) is 0. The number of hydrogen-bond donors (Lipinski definition) is 4. The molecule has 1 unspecified atom stereocenters. The predicted octanol–water partition coefficient (Wildman–Crippen LogP) is -2.56. The number of aliphatic hydroxyl groups is 1. The van der Waals surface area contributed by atoms with Crippen LogP contribution in [0.5, 0.6) is 0 Å². The van der Waals surface area contributed by atoms with Crippen molar-refractivity contribution in [2.24, 2.45) is 17.4 Å². The third-order valence-electron chi connectivity index (χ3n) is 1.22. The largest absolute Gasteiger partial charge is 0.392 e. The lowest BCUT2D eigenvalue weighted by Gasteiger charge is -2.11. The molecule has 66 valence electrons. The molecule has 6 heteroatoms. The molecule has 0 heterocycles. The average Bonchev–Trinajstić information content (AvgIpc) is 2.02. The summed E-state index contributed by atoms with van der Waals surface area (Å²) in [6.07, 6.45) is -0.726. The summed E-state index contributed by atoms with van der Waals surface area (Å²) in [4.78, 5) is 14.4. The summed E-state index contributed by atoms with van der Waals surface area (Å²) in [5.41, 5.74) is 10.3. The molecule has 0 aliphatic rings. The molecule has 0 aliphatic heterocycles. The molecule has 0 saturated carbocycles. The molecule has 11 heavy (non-hydrogen) atoms. The zero-order chi connectivity index (χ0) is 8.85. The fraction of sp³-hybridized carbons (Fsp3) is 0.800. The molecule has 0 saturated heterocycles. The molecule has 0 aromatic heterocycles. The first kappa shape index (κ1) is 10.3. The Kier molecular flexibility index (Phi) is 4.71. The second-order valence-electron chi connectivity index (χ2n) is 2.17. The van der Waals surface area contributed by atoms with Crippen molar-refractivity contribution >= 4 is 5.97 Å². The van der Waals surface area contributed by atoms with Crippen molar-refractivity contribution in [2.45, 2.75) is 18.6 Å². The van der Waals surface area contributed by atoms with Gasteiger partial charge in [-0.1, -0.05) is 0 Å². The fourth-order valence-corrected chi connectivity index (χ4v) is 0.573. The summed E-state index contributed by atoms with van der Waals surface area (Å²) < 4.78 is 0. The van der Waals surface area contributed by atoms with E-state index < -0.39 is 18.1 Å². The zero-order valence-corrected chi connectivity index (χ0v) is 6.06. The van der Waals surface area contributed by atoms with Gasteiger partial charge in [0.1, 0.15) is 6.04 Å². The Labute approximate surface area is 64.2 Å². The van der Waals surface area contributed by atoms with Crippen molar-refractivity contribution in [1.29, 1.82) is 0 Å². The van der Waals surface area contributed by atoms with Gasteiger partial charge in [0.05, 0.1) is 6.10 Å². The van der Waals surface area contributed by atoms with Crippen molar-refractivity contribution in [3.05, 3.63) is 0 Å². The minimum absolute atomic E-state index is 0.0611. The van der Waals surface area contributed by atoms with Crippen molar-refractivity contribution in [3.63, 3.8) is 0 Å². The first-order chi connectivity index (χ1) is 5.11. The number of carbonyl (C=O) groups is 1. The topological polar surface area (TPSA) is 125 Å². The first-order valence-electron chi connectivity index (χ1n) is 3.16. The van der Waals surface area contributed by atoms with E-state index in [-0.39, 0.29) is 13.0 Å². The van der Waals surface area contributed by atoms with Gasteiger partial charge in [0.2, 0.25) is 0 Å². The standard InChI is InChI=1S/C5H13N3O3/c6-2-3(9)1-4(7)5(10)11-8/h3-4,9H,1-2,6-8H2/t3?,4-/m0/s1. The van der Waals surface area contributed by atoms with Gasteiger partial charge in [0.25, 0.3) is 0 Å². The van der Waals surface area contributed by atoms with Crippen LogP contribution >= 0.6 is 0 Å². The van der Waals surface area contributed by atoms with Crippen LogP contribution in [-0.2, 0) is 9.63 Å². The molecule has 6 nitrogen and oxygen atoms in total. The quantitative estimate of drug-likeness (QED) is 0.338. The number of rotatable bonds is 4. The van der Waals surface area contributed by atoms with Crippen LogP contribution < -0.4 is 17.4 Å². The van der Waals surface area contributed by atoms with E-state index in [1.807, 2.05) is 0 Å². The zero-order valence-electron chi connectivity index (χ0n) is 6.06. The van der Waals surface area contributed by atoms with Gasteiger partial charge in [0, 0.05) is 13.0 Å². The van der Waals surface area contributed by atoms with Crippen molar-refractivity contribution in [2.75, 3.05) is 6.54 Å². The van der Waals surface area contributed by atoms with E-state index in [2.05, 4.69) is 10.7 Å². The fourth-order valence-electron chi connectivity index (χ4n) is 0.573. The van der Waals surface area contributed by atoms with Gasteiger partial charge >= 0.3 is 5.97 Å². The number of hydrogen-bond acceptors (Lipinski definition) is 6. The highest BCUT2D eigenvalue weighted by Gasteiger charge is 2.17. The molecule has 0 fully saturated rings. The lowest BCUT2D eigenvalue weighted by atomic mass is 10.1. The van der Waals surface area contributed by atoms with Crippen LogP contribution in [0.1, 0.15) is 6.42 Å². The Morgan fingerprint density at radius 1 is 1.64 bits per heavy atom. The van der Waals surface area contributed by atoms with Gasteiger partial charge in [-0.25, -0.2) is 4.79 Å². The highest BCUT2D eigenvalue weighted by atomic mass is 16.7. The van der Waals surface area contributed by atoms with E-state index in [0.29, 0.717) is 0 Å². The van der Waals surface area contributed by atoms with E-state index >= 15 is 0 Å². The Morgan fingerprint density at radius 3 is 2.55 bits per heavy atom. The second kappa shape index (κ2) is 5.03. The van der Waals surface area contributed by atoms with Crippen molar-refractivity contribution < 1.29 is 14.7 Å². The average molecular weight is 163 g/mol. The monoisotopic (exact) mass is 163 g/mol. The Morgan fingerprint density at radius 2 is 2.18 bits per heavy atom. The van der Waals surface area contributed by atoms with Crippen LogP contribution in [0.15, 0.2) is 0 Å². The van der Waals surface area contributed by atoms with Crippen LogP contribution in [0, 0.1) is 0 Å². The summed E-state index contributed by atoms with van der Waals surface area (Å²) in [5.74, 6) is 3.80. The Hall–Kier alpha value is -0.690. The molecule has 0 aromatic carbocycles. The summed E-state index contributed by atoms with van der Waals surface area (Å²) >= 11 is 0. The first-order valence-corrected chi connectivity index (χ1v) is 3.16. The molecular weight excluding hydrogens is 150 g/mol. The van der Waals surface area contributed by atoms with Gasteiger partial charge in [-0.3, -0.25) is 0 Å². The van der Waals surface area contributed by atoms with Gasteiger partial charge in [0.15, 0.2) is 0 Å². The molecule has 7 N–H and O–H groups in total. The predicted molar refractivity (Wildman–Crippen MR) is 37.9 cm³/mol. The highest BCUT2D eigenvalue weighted by Crippen LogP contribution is 1.95. The third-order valence-corrected chi connectivity index (χ3v) is 1.22. The van der Waals surface area contributed by atoms with E-state index in [9.17, 15) is 4.79 Å². The molecule has 0 aromatic rings. The molecule has 2 atom stereocenters. The van der Waals surface area contributed by atoms with Crippen molar-refractivity contribution in [1.82, 2.24) is 0 Å². The SMILES string of the molecule is NCC(O)C[C@H](N)C(=O)ON. The van der Waals surface area contributed by atoms with E-state index in [0.717, 1.165) is 0 Å². The van der Waals surface area contributed by atoms with Gasteiger partial charge in [-0.15, -0.1) is 0 Å².